The minimum absolute atomic E-state index is 0.0822. The van der Waals surface area contributed by atoms with Gasteiger partial charge in [0, 0.05) is 18.7 Å². The fourth-order valence-corrected chi connectivity index (χ4v) is 3.10. The van der Waals surface area contributed by atoms with E-state index in [-0.39, 0.29) is 17.0 Å². The summed E-state index contributed by atoms with van der Waals surface area (Å²) in [7, 11) is 1.40. The van der Waals surface area contributed by atoms with Crippen LogP contribution in [-0.4, -0.2) is 24.5 Å². The molecule has 1 amide bonds. The van der Waals surface area contributed by atoms with Gasteiger partial charge in [0.2, 0.25) is 0 Å². The summed E-state index contributed by atoms with van der Waals surface area (Å²) in [6.07, 6.45) is 2.93. The van der Waals surface area contributed by atoms with Gasteiger partial charge in [-0.3, -0.25) is 14.9 Å². The van der Waals surface area contributed by atoms with Gasteiger partial charge in [-0.1, -0.05) is 30.3 Å². The highest BCUT2D eigenvalue weighted by Crippen LogP contribution is 2.34. The smallest absolute Gasteiger partial charge is 0.273 e. The van der Waals surface area contributed by atoms with Gasteiger partial charge in [0.15, 0.2) is 0 Å². The number of nitriles is 1. The van der Waals surface area contributed by atoms with E-state index in [2.05, 4.69) is 5.32 Å². The molecule has 0 saturated heterocycles. The molecular weight excluding hydrogens is 410 g/mol. The lowest BCUT2D eigenvalue weighted by Crippen LogP contribution is -2.25. The molecule has 0 spiro atoms. The Labute approximate surface area is 184 Å². The van der Waals surface area contributed by atoms with E-state index in [1.807, 2.05) is 36.4 Å². The highest BCUT2D eigenvalue weighted by molar-refractivity contribution is 6.01. The summed E-state index contributed by atoms with van der Waals surface area (Å²) in [5, 5.41) is 23.1. The van der Waals surface area contributed by atoms with Crippen LogP contribution in [0.2, 0.25) is 0 Å². The van der Waals surface area contributed by atoms with Crippen molar-refractivity contribution in [3.63, 3.8) is 0 Å². The average Bonchev–Trinajstić information content (AvgIpc) is 3.28. The number of rotatable bonds is 9. The molecule has 0 fully saturated rings. The molecule has 0 radical (unpaired) electrons. The van der Waals surface area contributed by atoms with Gasteiger partial charge >= 0.3 is 0 Å². The molecule has 3 aromatic rings. The number of carbonyl (C=O) groups is 1. The van der Waals surface area contributed by atoms with E-state index in [0.29, 0.717) is 23.6 Å². The van der Waals surface area contributed by atoms with Crippen molar-refractivity contribution in [1.82, 2.24) is 5.32 Å². The number of nitro groups is 1. The summed E-state index contributed by atoms with van der Waals surface area (Å²) in [4.78, 5) is 22.8. The van der Waals surface area contributed by atoms with Crippen molar-refractivity contribution in [1.29, 1.82) is 5.26 Å². The second-order valence-electron chi connectivity index (χ2n) is 6.86. The number of hydrogen-bond acceptors (Lipinski definition) is 6. The molecule has 0 aliphatic rings. The van der Waals surface area contributed by atoms with E-state index in [1.165, 1.54) is 36.9 Å². The lowest BCUT2D eigenvalue weighted by atomic mass is 10.1. The van der Waals surface area contributed by atoms with Crippen LogP contribution in [0.1, 0.15) is 17.7 Å². The molecule has 1 aromatic heterocycles. The summed E-state index contributed by atoms with van der Waals surface area (Å²) in [6, 6.07) is 19.2. The van der Waals surface area contributed by atoms with Crippen LogP contribution >= 0.6 is 0 Å². The third-order valence-electron chi connectivity index (χ3n) is 4.71. The minimum Gasteiger partial charge on any atom is -0.496 e. The molecule has 2 aromatic carbocycles. The van der Waals surface area contributed by atoms with Gasteiger partial charge in [-0.2, -0.15) is 5.26 Å². The molecule has 1 N–H and O–H groups in total. The molecule has 0 aliphatic heterocycles. The van der Waals surface area contributed by atoms with Crippen LogP contribution < -0.4 is 10.1 Å². The van der Waals surface area contributed by atoms with Crippen molar-refractivity contribution in [3.8, 4) is 23.1 Å². The van der Waals surface area contributed by atoms with Crippen LogP contribution in [0.4, 0.5) is 5.69 Å². The van der Waals surface area contributed by atoms with Crippen molar-refractivity contribution in [2.45, 2.75) is 12.8 Å². The lowest BCUT2D eigenvalue weighted by molar-refractivity contribution is -0.384. The Morgan fingerprint density at radius 3 is 2.69 bits per heavy atom. The normalized spacial score (nSPS) is 10.9. The predicted molar refractivity (Wildman–Crippen MR) is 119 cm³/mol. The molecule has 0 atom stereocenters. The van der Waals surface area contributed by atoms with E-state index < -0.39 is 10.8 Å². The van der Waals surface area contributed by atoms with E-state index in [9.17, 15) is 20.2 Å². The molecule has 3 rings (SSSR count). The maximum Gasteiger partial charge on any atom is 0.273 e. The Bertz CT molecular complexity index is 1180. The van der Waals surface area contributed by atoms with Gasteiger partial charge in [0.1, 0.15) is 28.9 Å². The standard InChI is InChI=1S/C24H21N3O5/c1-31-23-15-19(27(29)30)9-11-21(23)22-12-10-20(32-22)14-18(16-25)24(28)26-13-5-8-17-6-3-2-4-7-17/h2-4,6-7,9-12,14-15H,5,8,13H2,1H3,(H,26,28)/b18-14-. The third-order valence-corrected chi connectivity index (χ3v) is 4.71. The number of furan rings is 1. The van der Waals surface area contributed by atoms with Gasteiger partial charge in [-0.05, 0) is 36.6 Å². The Hall–Kier alpha value is -4.38. The fourth-order valence-electron chi connectivity index (χ4n) is 3.10. The maximum atomic E-state index is 12.3. The van der Waals surface area contributed by atoms with Crippen LogP contribution in [0, 0.1) is 21.4 Å². The van der Waals surface area contributed by atoms with E-state index in [0.717, 1.165) is 12.8 Å². The third kappa shape index (κ3) is 5.61. The van der Waals surface area contributed by atoms with Crippen LogP contribution in [0.5, 0.6) is 5.75 Å². The SMILES string of the molecule is COc1cc([N+](=O)[O-])ccc1-c1ccc(/C=C(/C#N)C(=O)NCCCc2ccccc2)o1. The number of non-ortho nitro benzene ring substituents is 1. The lowest BCUT2D eigenvalue weighted by Gasteiger charge is -2.06. The maximum absolute atomic E-state index is 12.3. The Kier molecular flexibility index (Phi) is 7.38. The Balaban J connectivity index is 1.66. The summed E-state index contributed by atoms with van der Waals surface area (Å²) in [5.41, 5.74) is 1.51. The molecule has 0 aliphatic carbocycles. The van der Waals surface area contributed by atoms with E-state index in [4.69, 9.17) is 9.15 Å². The summed E-state index contributed by atoms with van der Waals surface area (Å²) >= 11 is 0. The van der Waals surface area contributed by atoms with E-state index in [1.54, 1.807) is 12.1 Å². The zero-order valence-corrected chi connectivity index (χ0v) is 17.4. The zero-order valence-electron chi connectivity index (χ0n) is 17.4. The molecule has 0 saturated carbocycles. The molecule has 0 unspecified atom stereocenters. The highest BCUT2D eigenvalue weighted by atomic mass is 16.6. The molecule has 0 bridgehead atoms. The Morgan fingerprint density at radius 2 is 2.00 bits per heavy atom. The number of nitro benzene ring substituents is 1. The number of ether oxygens (including phenoxy) is 1. The van der Waals surface area contributed by atoms with Gasteiger partial charge in [-0.25, -0.2) is 0 Å². The average molecular weight is 431 g/mol. The number of methoxy groups -OCH3 is 1. The molecule has 1 heterocycles. The summed E-state index contributed by atoms with van der Waals surface area (Å²) in [5.74, 6) is 0.493. The van der Waals surface area contributed by atoms with Gasteiger partial charge in [-0.15, -0.1) is 0 Å². The summed E-state index contributed by atoms with van der Waals surface area (Å²) < 4.78 is 11.0. The summed E-state index contributed by atoms with van der Waals surface area (Å²) in [6.45, 7) is 0.441. The first-order valence-electron chi connectivity index (χ1n) is 9.88. The number of nitrogens with one attached hydrogen (secondary N) is 1. The number of benzene rings is 2. The first-order valence-corrected chi connectivity index (χ1v) is 9.88. The van der Waals surface area contributed by atoms with Crippen molar-refractivity contribution < 1.29 is 18.9 Å². The molecule has 162 valence electrons. The zero-order chi connectivity index (χ0) is 22.9. The van der Waals surface area contributed by atoms with Crippen molar-refractivity contribution >= 4 is 17.7 Å². The Morgan fingerprint density at radius 1 is 1.22 bits per heavy atom. The van der Waals surface area contributed by atoms with Gasteiger partial charge in [0.05, 0.1) is 23.7 Å². The topological polar surface area (TPSA) is 118 Å². The molecule has 32 heavy (non-hydrogen) atoms. The number of aryl methyl sites for hydroxylation is 1. The second kappa shape index (κ2) is 10.6. The van der Waals surface area contributed by atoms with Gasteiger partial charge < -0.3 is 14.5 Å². The first kappa shape index (κ1) is 22.3. The van der Waals surface area contributed by atoms with Crippen LogP contribution in [0.15, 0.2) is 70.7 Å². The monoisotopic (exact) mass is 431 g/mol. The van der Waals surface area contributed by atoms with Crippen molar-refractivity contribution in [3.05, 3.63) is 87.7 Å². The minimum atomic E-state index is -0.514. The van der Waals surface area contributed by atoms with Crippen LogP contribution in [-0.2, 0) is 11.2 Å². The molecule has 8 heteroatoms. The first-order chi connectivity index (χ1) is 15.5. The molecule has 8 nitrogen and oxygen atoms in total. The number of nitrogens with zero attached hydrogens (tertiary/aromatic N) is 2. The van der Waals surface area contributed by atoms with Crippen LogP contribution in [0.25, 0.3) is 17.4 Å². The quantitative estimate of drug-likeness (QED) is 0.175. The fraction of sp³-hybridized carbons (Fsp3) is 0.167. The molecular formula is C24H21N3O5. The van der Waals surface area contributed by atoms with Crippen molar-refractivity contribution in [2.75, 3.05) is 13.7 Å². The predicted octanol–water partition coefficient (Wildman–Crippen LogP) is 4.52. The number of amides is 1. The number of hydrogen-bond donors (Lipinski definition) is 1. The van der Waals surface area contributed by atoms with Crippen molar-refractivity contribution in [2.24, 2.45) is 0 Å². The second-order valence-corrected chi connectivity index (χ2v) is 6.86. The highest BCUT2D eigenvalue weighted by Gasteiger charge is 2.16. The largest absolute Gasteiger partial charge is 0.496 e. The number of carbonyl (C=O) groups excluding carboxylic acids is 1. The van der Waals surface area contributed by atoms with Crippen LogP contribution in [0.3, 0.4) is 0 Å². The van der Waals surface area contributed by atoms with Gasteiger partial charge in [0.25, 0.3) is 11.6 Å². The van der Waals surface area contributed by atoms with E-state index >= 15 is 0 Å².